The van der Waals surface area contributed by atoms with Crippen LogP contribution >= 0.6 is 11.3 Å². The monoisotopic (exact) mass is 408 g/mol. The molecule has 7 heteroatoms. The Kier molecular flexibility index (Phi) is 6.05. The Balaban J connectivity index is 1.18. The van der Waals surface area contributed by atoms with Crippen LogP contribution in [-0.2, 0) is 35.6 Å². The van der Waals surface area contributed by atoms with Gasteiger partial charge in [-0.2, -0.15) is 5.10 Å². The van der Waals surface area contributed by atoms with Gasteiger partial charge in [-0.1, -0.05) is 24.3 Å². The van der Waals surface area contributed by atoms with Crippen LogP contribution in [0.3, 0.4) is 0 Å². The van der Waals surface area contributed by atoms with Gasteiger partial charge < -0.3 is 10.2 Å². The highest BCUT2D eigenvalue weighted by Crippen LogP contribution is 2.24. The molecule has 6 nitrogen and oxygen atoms in total. The molecule has 0 saturated carbocycles. The van der Waals surface area contributed by atoms with Crippen molar-refractivity contribution >= 4 is 23.2 Å². The van der Waals surface area contributed by atoms with Crippen LogP contribution in [0.5, 0.6) is 0 Å². The quantitative estimate of drug-likeness (QED) is 0.654. The zero-order chi connectivity index (χ0) is 20.1. The van der Waals surface area contributed by atoms with Crippen LogP contribution in [0.4, 0.5) is 0 Å². The van der Waals surface area contributed by atoms with E-state index >= 15 is 0 Å². The first kappa shape index (κ1) is 19.4. The van der Waals surface area contributed by atoms with Crippen molar-refractivity contribution in [2.24, 2.45) is 0 Å². The van der Waals surface area contributed by atoms with Gasteiger partial charge in [0, 0.05) is 49.7 Å². The second-order valence-electron chi connectivity index (χ2n) is 7.23. The van der Waals surface area contributed by atoms with Gasteiger partial charge in [-0.15, -0.1) is 11.3 Å². The SMILES string of the molecule is O=C(CCC(=O)N1CCc2sccc2C1)NCc1ccc(Cn2cccn2)cc1. The Morgan fingerprint density at radius 3 is 2.72 bits per heavy atom. The maximum Gasteiger partial charge on any atom is 0.223 e. The van der Waals surface area contributed by atoms with Gasteiger partial charge in [-0.25, -0.2) is 0 Å². The van der Waals surface area contributed by atoms with Gasteiger partial charge in [0.25, 0.3) is 0 Å². The Labute approximate surface area is 174 Å². The van der Waals surface area contributed by atoms with Gasteiger partial charge in [0.1, 0.15) is 0 Å². The van der Waals surface area contributed by atoms with Gasteiger partial charge >= 0.3 is 0 Å². The van der Waals surface area contributed by atoms with Crippen molar-refractivity contribution in [3.8, 4) is 0 Å². The van der Waals surface area contributed by atoms with E-state index in [-0.39, 0.29) is 24.7 Å². The van der Waals surface area contributed by atoms with Gasteiger partial charge in [-0.05, 0) is 40.6 Å². The molecule has 0 unspecified atom stereocenters. The molecule has 1 aliphatic heterocycles. The van der Waals surface area contributed by atoms with Gasteiger partial charge in [0.15, 0.2) is 0 Å². The van der Waals surface area contributed by atoms with E-state index in [1.54, 1.807) is 17.5 Å². The Bertz CT molecular complexity index is 963. The Morgan fingerprint density at radius 1 is 1.10 bits per heavy atom. The topological polar surface area (TPSA) is 67.2 Å². The average molecular weight is 409 g/mol. The number of amides is 2. The third kappa shape index (κ3) is 5.12. The second kappa shape index (κ2) is 9.05. The maximum absolute atomic E-state index is 12.4. The fourth-order valence-electron chi connectivity index (χ4n) is 3.47. The van der Waals surface area contributed by atoms with Crippen molar-refractivity contribution < 1.29 is 9.59 Å². The number of nitrogens with zero attached hydrogens (tertiary/aromatic N) is 3. The summed E-state index contributed by atoms with van der Waals surface area (Å²) in [6.45, 7) is 2.62. The van der Waals surface area contributed by atoms with E-state index in [0.29, 0.717) is 13.1 Å². The molecule has 3 heterocycles. The van der Waals surface area contributed by atoms with Crippen LogP contribution in [0.2, 0.25) is 0 Å². The molecule has 0 radical (unpaired) electrons. The summed E-state index contributed by atoms with van der Waals surface area (Å²) in [7, 11) is 0. The minimum absolute atomic E-state index is 0.0555. The normalized spacial score (nSPS) is 13.2. The van der Waals surface area contributed by atoms with Gasteiger partial charge in [0.2, 0.25) is 11.8 Å². The first-order chi connectivity index (χ1) is 14.2. The van der Waals surface area contributed by atoms with Crippen LogP contribution in [0, 0.1) is 0 Å². The van der Waals surface area contributed by atoms with E-state index in [1.165, 1.54) is 10.4 Å². The van der Waals surface area contributed by atoms with Gasteiger partial charge in [0.05, 0.1) is 6.54 Å². The summed E-state index contributed by atoms with van der Waals surface area (Å²) in [6.07, 6.45) is 5.09. The number of hydrogen-bond donors (Lipinski definition) is 1. The predicted molar refractivity (Wildman–Crippen MR) is 112 cm³/mol. The highest BCUT2D eigenvalue weighted by molar-refractivity contribution is 7.10. The van der Waals surface area contributed by atoms with E-state index in [0.717, 1.165) is 30.6 Å². The maximum atomic E-state index is 12.4. The van der Waals surface area contributed by atoms with Gasteiger partial charge in [-0.3, -0.25) is 14.3 Å². The van der Waals surface area contributed by atoms with E-state index < -0.39 is 0 Å². The van der Waals surface area contributed by atoms with E-state index in [9.17, 15) is 9.59 Å². The molecule has 3 aromatic rings. The summed E-state index contributed by atoms with van der Waals surface area (Å²) in [5.74, 6) is -0.0350. The third-order valence-electron chi connectivity index (χ3n) is 5.14. The van der Waals surface area contributed by atoms with Crippen molar-refractivity contribution in [1.29, 1.82) is 0 Å². The highest BCUT2D eigenvalue weighted by atomic mass is 32.1. The van der Waals surface area contributed by atoms with Crippen LogP contribution in [0.1, 0.15) is 34.4 Å². The predicted octanol–water partition coefficient (Wildman–Crippen LogP) is 2.97. The second-order valence-corrected chi connectivity index (χ2v) is 8.23. The Hall–Kier alpha value is -2.93. The number of carbonyl (C=O) groups is 2. The lowest BCUT2D eigenvalue weighted by atomic mass is 10.1. The molecule has 0 bridgehead atoms. The average Bonchev–Trinajstić information content (AvgIpc) is 3.42. The lowest BCUT2D eigenvalue weighted by Gasteiger charge is -2.27. The summed E-state index contributed by atoms with van der Waals surface area (Å²) < 4.78 is 1.87. The lowest BCUT2D eigenvalue weighted by molar-refractivity contribution is -0.134. The number of nitrogens with one attached hydrogen (secondary N) is 1. The smallest absolute Gasteiger partial charge is 0.223 e. The summed E-state index contributed by atoms with van der Waals surface area (Å²) in [4.78, 5) is 27.8. The van der Waals surface area contributed by atoms with Crippen LogP contribution in [-0.4, -0.2) is 33.0 Å². The van der Waals surface area contributed by atoms with Crippen molar-refractivity contribution in [2.75, 3.05) is 6.54 Å². The molecule has 1 N–H and O–H groups in total. The molecule has 0 aliphatic carbocycles. The Morgan fingerprint density at radius 2 is 1.93 bits per heavy atom. The number of rotatable bonds is 7. The number of carbonyl (C=O) groups excluding carboxylic acids is 2. The minimum Gasteiger partial charge on any atom is -0.352 e. The van der Waals surface area contributed by atoms with Crippen molar-refractivity contribution in [2.45, 2.75) is 38.9 Å². The number of benzene rings is 1. The van der Waals surface area contributed by atoms with Crippen LogP contribution in [0.15, 0.2) is 54.2 Å². The number of thiophene rings is 1. The van der Waals surface area contributed by atoms with E-state index in [1.807, 2.05) is 46.1 Å². The fraction of sp³-hybridized carbons (Fsp3) is 0.318. The zero-order valence-corrected chi connectivity index (χ0v) is 17.0. The first-order valence-electron chi connectivity index (χ1n) is 9.82. The molecule has 1 aliphatic rings. The molecule has 150 valence electrons. The number of fused-ring (bicyclic) bond motifs is 1. The molecule has 2 aromatic heterocycles. The lowest BCUT2D eigenvalue weighted by Crippen LogP contribution is -2.36. The fourth-order valence-corrected chi connectivity index (χ4v) is 4.36. The number of hydrogen-bond acceptors (Lipinski definition) is 4. The molecule has 0 saturated heterocycles. The van der Waals surface area contributed by atoms with Crippen molar-refractivity contribution in [3.05, 3.63) is 75.7 Å². The summed E-state index contributed by atoms with van der Waals surface area (Å²) in [6, 6.07) is 12.1. The highest BCUT2D eigenvalue weighted by Gasteiger charge is 2.21. The van der Waals surface area contributed by atoms with E-state index in [2.05, 4.69) is 21.9 Å². The molecule has 4 rings (SSSR count). The molecule has 1 aromatic carbocycles. The molecule has 2 amide bonds. The summed E-state index contributed by atoms with van der Waals surface area (Å²) >= 11 is 1.76. The molecule has 0 spiro atoms. The largest absolute Gasteiger partial charge is 0.352 e. The minimum atomic E-state index is -0.0906. The summed E-state index contributed by atoms with van der Waals surface area (Å²) in [5, 5.41) is 9.19. The van der Waals surface area contributed by atoms with Crippen LogP contribution < -0.4 is 5.32 Å². The zero-order valence-electron chi connectivity index (χ0n) is 16.2. The number of aromatic nitrogens is 2. The first-order valence-corrected chi connectivity index (χ1v) is 10.7. The van der Waals surface area contributed by atoms with Crippen LogP contribution in [0.25, 0.3) is 0 Å². The summed E-state index contributed by atoms with van der Waals surface area (Å²) in [5.41, 5.74) is 3.44. The third-order valence-corrected chi connectivity index (χ3v) is 6.17. The van der Waals surface area contributed by atoms with Crippen molar-refractivity contribution in [1.82, 2.24) is 20.0 Å². The van der Waals surface area contributed by atoms with E-state index in [4.69, 9.17) is 0 Å². The molecular formula is C22H24N4O2S. The standard InChI is InChI=1S/C22H24N4O2S/c27-21(6-7-22(28)25-12-8-20-19(16-25)9-13-29-20)23-14-17-2-4-18(5-3-17)15-26-11-1-10-24-26/h1-5,9-11,13H,6-8,12,14-16H2,(H,23,27). The molecular weight excluding hydrogens is 384 g/mol. The molecule has 0 fully saturated rings. The molecule has 0 atom stereocenters. The molecule has 29 heavy (non-hydrogen) atoms. The van der Waals surface area contributed by atoms with Crippen molar-refractivity contribution in [3.63, 3.8) is 0 Å².